The monoisotopic (exact) mass is 385 g/mol. The summed E-state index contributed by atoms with van der Waals surface area (Å²) in [5, 5.41) is 5.21. The molecule has 2 unspecified atom stereocenters. The van der Waals surface area contributed by atoms with Crippen molar-refractivity contribution in [3.63, 3.8) is 0 Å². The first-order valence-electron chi connectivity index (χ1n) is 9.75. The third kappa shape index (κ3) is 4.18. The molecule has 6 heteroatoms. The average Bonchev–Trinajstić information content (AvgIpc) is 3.40. The Labute approximate surface area is 164 Å². The highest BCUT2D eigenvalue weighted by atomic mass is 32.1. The standard InChI is InChI=1S/C21H27N3O2S/c1-16(24-10-2-4-19(24)20-5-3-15-27-20)21(25)22-17-6-8-18(9-7-17)23-11-13-26-14-12-23/h3,5-9,15-16,19H,2,4,10-14H2,1H3,(H,22,25). The average molecular weight is 386 g/mol. The molecular weight excluding hydrogens is 358 g/mol. The van der Waals surface area contributed by atoms with Crippen LogP contribution in [0.5, 0.6) is 0 Å². The minimum absolute atomic E-state index is 0.0672. The highest BCUT2D eigenvalue weighted by Gasteiger charge is 2.33. The second-order valence-corrected chi connectivity index (χ2v) is 8.20. The number of hydrogen-bond donors (Lipinski definition) is 1. The van der Waals surface area contributed by atoms with Crippen LogP contribution in [0.1, 0.15) is 30.7 Å². The molecule has 0 radical (unpaired) electrons. The topological polar surface area (TPSA) is 44.8 Å². The molecule has 4 rings (SSSR count). The number of nitrogens with zero attached hydrogens (tertiary/aromatic N) is 2. The minimum atomic E-state index is -0.140. The van der Waals surface area contributed by atoms with E-state index in [1.54, 1.807) is 11.3 Å². The molecule has 2 saturated heterocycles. The Kier molecular flexibility index (Phi) is 5.76. The molecular formula is C21H27N3O2S. The van der Waals surface area contributed by atoms with Gasteiger partial charge in [0.1, 0.15) is 0 Å². The fourth-order valence-electron chi connectivity index (χ4n) is 4.01. The minimum Gasteiger partial charge on any atom is -0.378 e. The van der Waals surface area contributed by atoms with Crippen molar-refractivity contribution < 1.29 is 9.53 Å². The highest BCUT2D eigenvalue weighted by Crippen LogP contribution is 2.36. The van der Waals surface area contributed by atoms with Crippen molar-refractivity contribution in [1.82, 2.24) is 4.90 Å². The number of carbonyl (C=O) groups excluding carboxylic acids is 1. The molecule has 3 heterocycles. The van der Waals surface area contributed by atoms with E-state index in [0.29, 0.717) is 6.04 Å². The summed E-state index contributed by atoms with van der Waals surface area (Å²) >= 11 is 1.79. The van der Waals surface area contributed by atoms with Crippen molar-refractivity contribution in [1.29, 1.82) is 0 Å². The molecule has 2 aliphatic rings. The molecule has 1 aromatic carbocycles. The van der Waals surface area contributed by atoms with E-state index in [0.717, 1.165) is 51.4 Å². The van der Waals surface area contributed by atoms with E-state index in [4.69, 9.17) is 4.74 Å². The first kappa shape index (κ1) is 18.5. The zero-order valence-corrected chi connectivity index (χ0v) is 16.6. The molecule has 0 spiro atoms. The number of likely N-dealkylation sites (tertiary alicyclic amines) is 1. The summed E-state index contributed by atoms with van der Waals surface area (Å²) in [6.07, 6.45) is 2.28. The molecule has 144 valence electrons. The van der Waals surface area contributed by atoms with Crippen molar-refractivity contribution in [2.75, 3.05) is 43.1 Å². The van der Waals surface area contributed by atoms with Gasteiger partial charge >= 0.3 is 0 Å². The second kappa shape index (κ2) is 8.42. The predicted molar refractivity (Wildman–Crippen MR) is 111 cm³/mol. The van der Waals surface area contributed by atoms with Gasteiger partial charge in [0.2, 0.25) is 5.91 Å². The number of anilines is 2. The lowest BCUT2D eigenvalue weighted by atomic mass is 10.1. The van der Waals surface area contributed by atoms with Crippen molar-refractivity contribution >= 4 is 28.6 Å². The summed E-state index contributed by atoms with van der Waals surface area (Å²) in [5.41, 5.74) is 2.04. The number of ether oxygens (including phenoxy) is 1. The fraction of sp³-hybridized carbons (Fsp3) is 0.476. The Morgan fingerprint density at radius 1 is 1.19 bits per heavy atom. The molecule has 5 nitrogen and oxygen atoms in total. The fourth-order valence-corrected chi connectivity index (χ4v) is 4.90. The third-order valence-corrected chi connectivity index (χ3v) is 6.53. The zero-order chi connectivity index (χ0) is 18.6. The number of hydrogen-bond acceptors (Lipinski definition) is 5. The molecule has 2 aromatic rings. The van der Waals surface area contributed by atoms with Crippen molar-refractivity contribution in [2.24, 2.45) is 0 Å². The second-order valence-electron chi connectivity index (χ2n) is 7.22. The predicted octanol–water partition coefficient (Wildman–Crippen LogP) is 3.75. The molecule has 2 aliphatic heterocycles. The van der Waals surface area contributed by atoms with Crippen LogP contribution in [0, 0.1) is 0 Å². The number of rotatable bonds is 5. The van der Waals surface area contributed by atoms with Gasteiger partial charge in [-0.2, -0.15) is 0 Å². The molecule has 1 amide bonds. The normalized spacial score (nSPS) is 22.0. The summed E-state index contributed by atoms with van der Waals surface area (Å²) in [6.45, 7) is 6.38. The lowest BCUT2D eigenvalue weighted by molar-refractivity contribution is -0.121. The van der Waals surface area contributed by atoms with E-state index >= 15 is 0 Å². The van der Waals surface area contributed by atoms with Crippen molar-refractivity contribution in [2.45, 2.75) is 31.8 Å². The van der Waals surface area contributed by atoms with Gasteiger partial charge in [0.05, 0.1) is 19.3 Å². The maximum absolute atomic E-state index is 12.8. The van der Waals surface area contributed by atoms with Crippen LogP contribution in [0.15, 0.2) is 41.8 Å². The maximum atomic E-state index is 12.8. The number of benzene rings is 1. The van der Waals surface area contributed by atoms with Crippen LogP contribution < -0.4 is 10.2 Å². The molecule has 2 fully saturated rings. The first-order chi connectivity index (χ1) is 13.2. The van der Waals surface area contributed by atoms with E-state index in [1.165, 1.54) is 10.6 Å². The largest absolute Gasteiger partial charge is 0.378 e. The zero-order valence-electron chi connectivity index (χ0n) is 15.8. The number of nitrogens with one attached hydrogen (secondary N) is 1. The van der Waals surface area contributed by atoms with Crippen LogP contribution in [0.2, 0.25) is 0 Å². The summed E-state index contributed by atoms with van der Waals surface area (Å²) in [5.74, 6) is 0.0672. The van der Waals surface area contributed by atoms with E-state index < -0.39 is 0 Å². The van der Waals surface area contributed by atoms with Crippen LogP contribution in [0.4, 0.5) is 11.4 Å². The van der Waals surface area contributed by atoms with Gasteiger partial charge in [-0.3, -0.25) is 9.69 Å². The Morgan fingerprint density at radius 2 is 1.96 bits per heavy atom. The Balaban J connectivity index is 1.38. The van der Waals surface area contributed by atoms with Crippen LogP contribution in [-0.2, 0) is 9.53 Å². The Hall–Kier alpha value is -1.89. The van der Waals surface area contributed by atoms with Crippen LogP contribution >= 0.6 is 11.3 Å². The van der Waals surface area contributed by atoms with E-state index in [-0.39, 0.29) is 11.9 Å². The van der Waals surface area contributed by atoms with Gasteiger partial charge in [0, 0.05) is 35.4 Å². The van der Waals surface area contributed by atoms with Gasteiger partial charge in [0.25, 0.3) is 0 Å². The van der Waals surface area contributed by atoms with Crippen LogP contribution in [-0.4, -0.2) is 49.7 Å². The molecule has 1 N–H and O–H groups in total. The SMILES string of the molecule is CC(C(=O)Nc1ccc(N2CCOCC2)cc1)N1CCCC1c1cccs1. The molecule has 0 aliphatic carbocycles. The molecule has 0 saturated carbocycles. The maximum Gasteiger partial charge on any atom is 0.241 e. The number of morpholine rings is 1. The van der Waals surface area contributed by atoms with E-state index in [9.17, 15) is 4.79 Å². The van der Waals surface area contributed by atoms with Gasteiger partial charge < -0.3 is 15.0 Å². The lowest BCUT2D eigenvalue weighted by Crippen LogP contribution is -2.41. The summed E-state index contributed by atoms with van der Waals surface area (Å²) < 4.78 is 5.41. The van der Waals surface area contributed by atoms with Crippen molar-refractivity contribution in [3.8, 4) is 0 Å². The van der Waals surface area contributed by atoms with Crippen LogP contribution in [0.25, 0.3) is 0 Å². The summed E-state index contributed by atoms with van der Waals surface area (Å²) in [6, 6.07) is 12.7. The van der Waals surface area contributed by atoms with Crippen molar-refractivity contribution in [3.05, 3.63) is 46.7 Å². The van der Waals surface area contributed by atoms with Gasteiger partial charge in [0.15, 0.2) is 0 Å². The third-order valence-electron chi connectivity index (χ3n) is 5.55. The number of carbonyl (C=O) groups is 1. The molecule has 0 bridgehead atoms. The van der Waals surface area contributed by atoms with Crippen LogP contribution in [0.3, 0.4) is 0 Å². The molecule has 2 atom stereocenters. The lowest BCUT2D eigenvalue weighted by Gasteiger charge is -2.30. The Morgan fingerprint density at radius 3 is 2.67 bits per heavy atom. The first-order valence-corrected chi connectivity index (χ1v) is 10.6. The van der Waals surface area contributed by atoms with Gasteiger partial charge in [-0.15, -0.1) is 11.3 Å². The van der Waals surface area contributed by atoms with E-state index in [2.05, 4.69) is 44.8 Å². The Bertz CT molecular complexity index is 741. The highest BCUT2D eigenvalue weighted by molar-refractivity contribution is 7.10. The quantitative estimate of drug-likeness (QED) is 0.851. The molecule has 27 heavy (non-hydrogen) atoms. The molecule has 1 aromatic heterocycles. The van der Waals surface area contributed by atoms with E-state index in [1.807, 2.05) is 19.1 Å². The van der Waals surface area contributed by atoms with Gasteiger partial charge in [-0.05, 0) is 62.0 Å². The summed E-state index contributed by atoms with van der Waals surface area (Å²) in [7, 11) is 0. The van der Waals surface area contributed by atoms with Gasteiger partial charge in [-0.1, -0.05) is 6.07 Å². The smallest absolute Gasteiger partial charge is 0.241 e. The number of thiophene rings is 1. The van der Waals surface area contributed by atoms with Gasteiger partial charge in [-0.25, -0.2) is 0 Å². The number of amides is 1. The summed E-state index contributed by atoms with van der Waals surface area (Å²) in [4.78, 5) is 18.8.